The van der Waals surface area contributed by atoms with Crippen molar-refractivity contribution in [1.82, 2.24) is 4.98 Å². The van der Waals surface area contributed by atoms with Gasteiger partial charge in [-0.3, -0.25) is 0 Å². The van der Waals surface area contributed by atoms with Crippen molar-refractivity contribution in [2.75, 3.05) is 0 Å². The average molecular weight is 171 g/mol. The number of nitrogens with zero attached hydrogens (tertiary/aromatic N) is 1. The normalized spacial score (nSPS) is 9.25. The summed E-state index contributed by atoms with van der Waals surface area (Å²) in [7, 11) is 0. The fourth-order valence-electron chi connectivity index (χ4n) is 0.455. The maximum absolute atomic E-state index is 4.03. The maximum Gasteiger partial charge on any atom is 0.114 e. The van der Waals surface area contributed by atoms with E-state index in [0.717, 1.165) is 10.3 Å². The topological polar surface area (TPSA) is 12.9 Å². The fraction of sp³-hybridized carbons (Fsp3) is 0.167. The van der Waals surface area contributed by atoms with E-state index in [9.17, 15) is 0 Å². The molecule has 0 bridgehead atoms. The van der Waals surface area contributed by atoms with E-state index in [4.69, 9.17) is 0 Å². The summed E-state index contributed by atoms with van der Waals surface area (Å²) < 4.78 is 0.775. The van der Waals surface area contributed by atoms with E-state index in [1.165, 1.54) is 0 Å². The minimum absolute atomic E-state index is 0.775. The summed E-state index contributed by atoms with van der Waals surface area (Å²) in [6.07, 6.45) is 0. The zero-order valence-electron chi connectivity index (χ0n) is 4.48. The van der Waals surface area contributed by atoms with Gasteiger partial charge in [-0.1, -0.05) is 0 Å². The van der Waals surface area contributed by atoms with Crippen molar-refractivity contribution in [1.29, 1.82) is 0 Å². The Balaban J connectivity index is 3.08. The van der Waals surface area contributed by atoms with Crippen LogP contribution >= 0.6 is 15.9 Å². The Morgan fingerprint density at radius 1 is 1.75 bits per heavy atom. The molecule has 0 atom stereocenters. The van der Waals surface area contributed by atoms with Gasteiger partial charge in [0, 0.05) is 11.8 Å². The van der Waals surface area contributed by atoms with Crippen molar-refractivity contribution in [2.45, 2.75) is 6.92 Å². The first-order valence-corrected chi connectivity index (χ1v) is 3.09. The molecule has 0 aliphatic heterocycles. The predicted molar refractivity (Wildman–Crippen MR) is 35.5 cm³/mol. The Kier molecular flexibility index (Phi) is 1.63. The molecule has 1 heterocycles. The van der Waals surface area contributed by atoms with Gasteiger partial charge in [0.15, 0.2) is 0 Å². The maximum atomic E-state index is 4.03. The molecule has 1 aromatic heterocycles. The van der Waals surface area contributed by atoms with Gasteiger partial charge >= 0.3 is 0 Å². The molecule has 0 saturated heterocycles. The molecule has 0 unspecified atom stereocenters. The van der Waals surface area contributed by atoms with Crippen molar-refractivity contribution in [3.8, 4) is 0 Å². The molecule has 8 heavy (non-hydrogen) atoms. The summed E-state index contributed by atoms with van der Waals surface area (Å²) >= 11 is 3.20. The van der Waals surface area contributed by atoms with Gasteiger partial charge in [-0.2, -0.15) is 0 Å². The van der Waals surface area contributed by atoms with Crippen molar-refractivity contribution in [2.24, 2.45) is 0 Å². The van der Waals surface area contributed by atoms with Gasteiger partial charge in [0.25, 0.3) is 0 Å². The van der Waals surface area contributed by atoms with E-state index in [2.05, 4.69) is 27.0 Å². The van der Waals surface area contributed by atoms with Crippen LogP contribution in [-0.2, 0) is 0 Å². The molecule has 1 nitrogen and oxygen atoms in total. The van der Waals surface area contributed by atoms with Gasteiger partial charge in [0.1, 0.15) is 4.60 Å². The van der Waals surface area contributed by atoms with E-state index >= 15 is 0 Å². The van der Waals surface area contributed by atoms with E-state index in [1.807, 2.05) is 19.1 Å². The van der Waals surface area contributed by atoms with Crippen LogP contribution in [0.25, 0.3) is 0 Å². The average Bonchev–Trinajstić information content (AvgIpc) is 1.64. The smallest absolute Gasteiger partial charge is 0.114 e. The number of hydrogen-bond donors (Lipinski definition) is 0. The molecular weight excluding hydrogens is 166 g/mol. The third-order valence-electron chi connectivity index (χ3n) is 0.801. The molecule has 0 N–H and O–H groups in total. The minimum Gasteiger partial charge on any atom is -0.246 e. The molecule has 0 aliphatic rings. The van der Waals surface area contributed by atoms with Crippen LogP contribution < -0.4 is 0 Å². The van der Waals surface area contributed by atoms with Crippen LogP contribution in [0.1, 0.15) is 5.69 Å². The standard InChI is InChI=1S/C6H5BrN/c1-5-3-2-4-6(7)8-5/h2-3H,1H3. The van der Waals surface area contributed by atoms with Crippen LogP contribution in [0.5, 0.6) is 0 Å². The second-order valence-electron chi connectivity index (χ2n) is 1.52. The number of halogens is 1. The first kappa shape index (κ1) is 5.76. The Morgan fingerprint density at radius 2 is 2.50 bits per heavy atom. The predicted octanol–water partition coefficient (Wildman–Crippen LogP) is 1.95. The molecule has 0 fully saturated rings. The van der Waals surface area contributed by atoms with Crippen molar-refractivity contribution in [3.05, 3.63) is 28.5 Å². The van der Waals surface area contributed by atoms with E-state index < -0.39 is 0 Å². The van der Waals surface area contributed by atoms with Crippen LogP contribution in [0.4, 0.5) is 0 Å². The summed E-state index contributed by atoms with van der Waals surface area (Å²) in [6, 6.07) is 6.62. The lowest BCUT2D eigenvalue weighted by Crippen LogP contribution is -1.77. The molecule has 0 aliphatic carbocycles. The Morgan fingerprint density at radius 3 is 2.88 bits per heavy atom. The third kappa shape index (κ3) is 1.30. The van der Waals surface area contributed by atoms with Gasteiger partial charge in [-0.15, -0.1) is 0 Å². The van der Waals surface area contributed by atoms with Crippen LogP contribution in [0.15, 0.2) is 16.7 Å². The Hall–Kier alpha value is -0.370. The molecule has 1 radical (unpaired) electrons. The summed E-state index contributed by atoms with van der Waals surface area (Å²) in [5, 5.41) is 0. The highest BCUT2D eigenvalue weighted by atomic mass is 79.9. The van der Waals surface area contributed by atoms with E-state index in [0.29, 0.717) is 0 Å². The summed E-state index contributed by atoms with van der Waals surface area (Å²) in [4.78, 5) is 4.03. The van der Waals surface area contributed by atoms with Crippen molar-refractivity contribution >= 4 is 15.9 Å². The fourth-order valence-corrected chi connectivity index (χ4v) is 0.867. The molecule has 0 amide bonds. The molecule has 0 spiro atoms. The van der Waals surface area contributed by atoms with Crippen LogP contribution in [0.3, 0.4) is 0 Å². The molecule has 0 aromatic carbocycles. The van der Waals surface area contributed by atoms with Gasteiger partial charge in [-0.25, -0.2) is 4.98 Å². The van der Waals surface area contributed by atoms with Crippen molar-refractivity contribution < 1.29 is 0 Å². The van der Waals surface area contributed by atoms with E-state index in [1.54, 1.807) is 0 Å². The summed E-state index contributed by atoms with van der Waals surface area (Å²) in [6.45, 7) is 1.94. The number of hydrogen-bond acceptors (Lipinski definition) is 1. The first-order valence-electron chi connectivity index (χ1n) is 2.30. The summed E-state index contributed by atoms with van der Waals surface area (Å²) in [5.74, 6) is 0. The third-order valence-corrected chi connectivity index (χ3v) is 1.21. The highest BCUT2D eigenvalue weighted by Crippen LogP contribution is 2.03. The van der Waals surface area contributed by atoms with Crippen molar-refractivity contribution in [3.63, 3.8) is 0 Å². The van der Waals surface area contributed by atoms with Gasteiger partial charge in [0.2, 0.25) is 0 Å². The SMILES string of the molecule is Cc1cc[c]c(Br)n1. The quantitative estimate of drug-likeness (QED) is 0.543. The molecule has 1 rings (SSSR count). The highest BCUT2D eigenvalue weighted by Gasteiger charge is 1.84. The minimum atomic E-state index is 0.775. The molecule has 2 heteroatoms. The lowest BCUT2D eigenvalue weighted by atomic mass is 10.4. The first-order chi connectivity index (χ1) is 3.79. The number of aromatic nitrogens is 1. The number of rotatable bonds is 0. The largest absolute Gasteiger partial charge is 0.246 e. The zero-order valence-corrected chi connectivity index (χ0v) is 6.07. The van der Waals surface area contributed by atoms with Gasteiger partial charge < -0.3 is 0 Å². The lowest BCUT2D eigenvalue weighted by Gasteiger charge is -1.87. The Labute approximate surface area is 56.9 Å². The number of pyridine rings is 1. The van der Waals surface area contributed by atoms with Gasteiger partial charge in [0.05, 0.1) is 0 Å². The van der Waals surface area contributed by atoms with E-state index in [-0.39, 0.29) is 0 Å². The van der Waals surface area contributed by atoms with Crippen LogP contribution in [0, 0.1) is 13.0 Å². The highest BCUT2D eigenvalue weighted by molar-refractivity contribution is 9.10. The van der Waals surface area contributed by atoms with Crippen LogP contribution in [0.2, 0.25) is 0 Å². The monoisotopic (exact) mass is 170 g/mol. The molecule has 1 aromatic rings. The number of aryl methyl sites for hydroxylation is 1. The zero-order chi connectivity index (χ0) is 5.98. The molecular formula is C6H5BrN. The summed E-state index contributed by atoms with van der Waals surface area (Å²) in [5.41, 5.74) is 1.01. The Bertz CT molecular complexity index is 168. The molecule has 41 valence electrons. The van der Waals surface area contributed by atoms with Crippen LogP contribution in [-0.4, -0.2) is 4.98 Å². The van der Waals surface area contributed by atoms with Gasteiger partial charge in [-0.05, 0) is 35.0 Å². The lowest BCUT2D eigenvalue weighted by molar-refractivity contribution is 1.16. The second-order valence-corrected chi connectivity index (χ2v) is 2.27. The molecule has 0 saturated carbocycles. The second kappa shape index (κ2) is 2.27.